The summed E-state index contributed by atoms with van der Waals surface area (Å²) < 4.78 is 13.1. The van der Waals surface area contributed by atoms with Crippen LogP contribution in [0.3, 0.4) is 0 Å². The number of nitrogens with one attached hydrogen (secondary N) is 1. The molecule has 102 valence electrons. The lowest BCUT2D eigenvalue weighted by Crippen LogP contribution is -2.27. The van der Waals surface area contributed by atoms with Gasteiger partial charge in [-0.1, -0.05) is 13.0 Å². The highest BCUT2D eigenvalue weighted by atomic mass is 19.1. The van der Waals surface area contributed by atoms with Gasteiger partial charge in [0.25, 0.3) is 0 Å². The quantitative estimate of drug-likeness (QED) is 0.802. The van der Waals surface area contributed by atoms with E-state index >= 15 is 0 Å². The van der Waals surface area contributed by atoms with Crippen LogP contribution in [0.2, 0.25) is 0 Å². The average Bonchev–Trinajstić information content (AvgIpc) is 2.30. The van der Waals surface area contributed by atoms with Crippen molar-refractivity contribution in [2.45, 2.75) is 32.7 Å². The third-order valence-electron chi connectivity index (χ3n) is 3.11. The summed E-state index contributed by atoms with van der Waals surface area (Å²) in [7, 11) is 4.16. The molecular weight excluding hydrogens is 227 g/mol. The number of nitrogens with zero attached hydrogens (tertiary/aromatic N) is 1. The Balaban J connectivity index is 2.79. The Kier molecular flexibility index (Phi) is 6.30. The highest BCUT2D eigenvalue weighted by Crippen LogP contribution is 2.21. The first-order valence-corrected chi connectivity index (χ1v) is 6.68. The molecule has 2 nitrogen and oxygen atoms in total. The third-order valence-corrected chi connectivity index (χ3v) is 3.11. The lowest BCUT2D eigenvalue weighted by atomic mass is 9.98. The van der Waals surface area contributed by atoms with E-state index in [9.17, 15) is 4.39 Å². The molecule has 0 heterocycles. The Morgan fingerprint density at radius 2 is 2.06 bits per heavy atom. The molecular formula is C15H25FN2. The topological polar surface area (TPSA) is 15.3 Å². The molecule has 0 saturated carbocycles. The van der Waals surface area contributed by atoms with Crippen LogP contribution in [0.15, 0.2) is 18.2 Å². The second kappa shape index (κ2) is 7.49. The summed E-state index contributed by atoms with van der Waals surface area (Å²) in [5.41, 5.74) is 2.24. The lowest BCUT2D eigenvalue weighted by molar-refractivity contribution is 0.360. The number of rotatable bonds is 7. The monoisotopic (exact) mass is 252 g/mol. The SMILES string of the molecule is CCCNC(CCN(C)C)c1ccc(F)cc1C. The van der Waals surface area contributed by atoms with E-state index in [2.05, 4.69) is 31.2 Å². The fourth-order valence-electron chi connectivity index (χ4n) is 2.10. The van der Waals surface area contributed by atoms with Crippen molar-refractivity contribution in [1.82, 2.24) is 10.2 Å². The van der Waals surface area contributed by atoms with Gasteiger partial charge in [0.1, 0.15) is 5.82 Å². The van der Waals surface area contributed by atoms with Gasteiger partial charge in [-0.3, -0.25) is 0 Å². The van der Waals surface area contributed by atoms with Crippen molar-refractivity contribution in [3.63, 3.8) is 0 Å². The molecule has 3 heteroatoms. The van der Waals surface area contributed by atoms with Crippen LogP contribution >= 0.6 is 0 Å². The summed E-state index contributed by atoms with van der Waals surface area (Å²) in [4.78, 5) is 2.18. The number of aryl methyl sites for hydroxylation is 1. The van der Waals surface area contributed by atoms with Crippen LogP contribution < -0.4 is 5.32 Å². The Hall–Kier alpha value is -0.930. The van der Waals surface area contributed by atoms with Gasteiger partial charge in [-0.2, -0.15) is 0 Å². The molecule has 0 aliphatic heterocycles. The molecule has 0 aliphatic rings. The minimum absolute atomic E-state index is 0.155. The number of hydrogen-bond donors (Lipinski definition) is 1. The molecule has 1 atom stereocenters. The molecule has 0 bridgehead atoms. The zero-order chi connectivity index (χ0) is 13.5. The maximum atomic E-state index is 13.1. The molecule has 1 aromatic rings. The van der Waals surface area contributed by atoms with E-state index in [1.807, 2.05) is 13.0 Å². The molecule has 1 aromatic carbocycles. The number of benzene rings is 1. The minimum Gasteiger partial charge on any atom is -0.310 e. The van der Waals surface area contributed by atoms with Crippen LogP contribution in [0.5, 0.6) is 0 Å². The summed E-state index contributed by atoms with van der Waals surface area (Å²) in [5.74, 6) is -0.155. The van der Waals surface area contributed by atoms with Gasteiger partial charge in [0.05, 0.1) is 0 Å². The normalized spacial score (nSPS) is 13.0. The fraction of sp³-hybridized carbons (Fsp3) is 0.600. The van der Waals surface area contributed by atoms with Crippen LogP contribution in [0.25, 0.3) is 0 Å². The second-order valence-electron chi connectivity index (χ2n) is 5.10. The molecule has 0 saturated heterocycles. The Morgan fingerprint density at radius 3 is 2.61 bits per heavy atom. The molecule has 0 aliphatic carbocycles. The van der Waals surface area contributed by atoms with Gasteiger partial charge in [0.2, 0.25) is 0 Å². The van der Waals surface area contributed by atoms with Crippen molar-refractivity contribution in [2.24, 2.45) is 0 Å². The Labute approximate surface area is 110 Å². The maximum absolute atomic E-state index is 13.1. The zero-order valence-electron chi connectivity index (χ0n) is 12.0. The van der Waals surface area contributed by atoms with E-state index in [4.69, 9.17) is 0 Å². The van der Waals surface area contributed by atoms with Crippen LogP contribution in [-0.2, 0) is 0 Å². The number of halogens is 1. The van der Waals surface area contributed by atoms with Gasteiger partial charge in [0, 0.05) is 6.04 Å². The Morgan fingerprint density at radius 1 is 1.33 bits per heavy atom. The van der Waals surface area contributed by atoms with Crippen LogP contribution in [0.1, 0.15) is 36.9 Å². The van der Waals surface area contributed by atoms with Crippen LogP contribution in [0, 0.1) is 12.7 Å². The summed E-state index contributed by atoms with van der Waals surface area (Å²) in [5, 5.41) is 3.55. The zero-order valence-corrected chi connectivity index (χ0v) is 12.0. The molecule has 0 spiro atoms. The smallest absolute Gasteiger partial charge is 0.123 e. The van der Waals surface area contributed by atoms with E-state index in [0.29, 0.717) is 6.04 Å². The van der Waals surface area contributed by atoms with E-state index in [-0.39, 0.29) is 5.82 Å². The summed E-state index contributed by atoms with van der Waals surface area (Å²) in [6.45, 7) is 6.16. The lowest BCUT2D eigenvalue weighted by Gasteiger charge is -2.22. The first-order valence-electron chi connectivity index (χ1n) is 6.68. The van der Waals surface area contributed by atoms with Gasteiger partial charge in [0.15, 0.2) is 0 Å². The molecule has 1 unspecified atom stereocenters. The van der Waals surface area contributed by atoms with Gasteiger partial charge in [-0.25, -0.2) is 4.39 Å². The number of hydrogen-bond acceptors (Lipinski definition) is 2. The van der Waals surface area contributed by atoms with Crippen molar-refractivity contribution in [3.8, 4) is 0 Å². The predicted octanol–water partition coefficient (Wildman–Crippen LogP) is 3.13. The van der Waals surface area contributed by atoms with Crippen molar-refractivity contribution in [3.05, 3.63) is 35.1 Å². The molecule has 1 N–H and O–H groups in total. The first kappa shape index (κ1) is 15.1. The van der Waals surface area contributed by atoms with E-state index in [1.165, 1.54) is 5.56 Å². The predicted molar refractivity (Wildman–Crippen MR) is 75.3 cm³/mol. The summed E-state index contributed by atoms with van der Waals surface area (Å²) >= 11 is 0. The summed E-state index contributed by atoms with van der Waals surface area (Å²) in [6.07, 6.45) is 2.15. The van der Waals surface area contributed by atoms with E-state index < -0.39 is 0 Å². The Bertz CT molecular complexity index is 364. The van der Waals surface area contributed by atoms with Crippen molar-refractivity contribution < 1.29 is 4.39 Å². The molecule has 0 aromatic heterocycles. The van der Waals surface area contributed by atoms with Crippen molar-refractivity contribution in [2.75, 3.05) is 27.2 Å². The standard InChI is InChI=1S/C15H25FN2/c1-5-9-17-15(8-10-18(3)4)14-7-6-13(16)11-12(14)2/h6-7,11,15,17H,5,8-10H2,1-4H3. The highest BCUT2D eigenvalue weighted by Gasteiger charge is 2.13. The molecule has 0 fully saturated rings. The first-order chi connectivity index (χ1) is 8.54. The molecule has 18 heavy (non-hydrogen) atoms. The van der Waals surface area contributed by atoms with Gasteiger partial charge in [-0.05, 0) is 70.2 Å². The highest BCUT2D eigenvalue weighted by molar-refractivity contribution is 5.29. The fourth-order valence-corrected chi connectivity index (χ4v) is 2.10. The van der Waals surface area contributed by atoms with Gasteiger partial charge in [-0.15, -0.1) is 0 Å². The van der Waals surface area contributed by atoms with Crippen LogP contribution in [-0.4, -0.2) is 32.1 Å². The molecule has 0 radical (unpaired) electrons. The van der Waals surface area contributed by atoms with Crippen molar-refractivity contribution >= 4 is 0 Å². The van der Waals surface area contributed by atoms with Gasteiger partial charge >= 0.3 is 0 Å². The summed E-state index contributed by atoms with van der Waals surface area (Å²) in [6, 6.07) is 5.39. The van der Waals surface area contributed by atoms with Crippen LogP contribution in [0.4, 0.5) is 4.39 Å². The minimum atomic E-state index is -0.155. The maximum Gasteiger partial charge on any atom is 0.123 e. The third kappa shape index (κ3) is 4.75. The largest absolute Gasteiger partial charge is 0.310 e. The molecule has 0 amide bonds. The average molecular weight is 252 g/mol. The van der Waals surface area contributed by atoms with E-state index in [1.54, 1.807) is 12.1 Å². The molecule has 1 rings (SSSR count). The van der Waals surface area contributed by atoms with E-state index in [0.717, 1.165) is 31.5 Å². The van der Waals surface area contributed by atoms with Gasteiger partial charge < -0.3 is 10.2 Å². The van der Waals surface area contributed by atoms with Crippen molar-refractivity contribution in [1.29, 1.82) is 0 Å². The second-order valence-corrected chi connectivity index (χ2v) is 5.10.